The van der Waals surface area contributed by atoms with Crippen LogP contribution in [0.1, 0.15) is 24.9 Å². The molecule has 106 valence electrons. The average molecular weight is 283 g/mol. The van der Waals surface area contributed by atoms with Crippen LogP contribution in [0.3, 0.4) is 0 Å². The molecule has 2 heterocycles. The van der Waals surface area contributed by atoms with Gasteiger partial charge >= 0.3 is 0 Å². The highest BCUT2D eigenvalue weighted by molar-refractivity contribution is 6.18. The number of alkyl halides is 1. The third kappa shape index (κ3) is 4.05. The number of aromatic nitrogens is 2. The Morgan fingerprint density at radius 3 is 2.79 bits per heavy atom. The summed E-state index contributed by atoms with van der Waals surface area (Å²) in [6.07, 6.45) is 2.13. The molecule has 0 atom stereocenters. The van der Waals surface area contributed by atoms with E-state index in [9.17, 15) is 0 Å². The van der Waals surface area contributed by atoms with Crippen molar-refractivity contribution in [3.05, 3.63) is 17.6 Å². The molecule has 0 radical (unpaired) electrons. The topological polar surface area (TPSA) is 32.3 Å². The summed E-state index contributed by atoms with van der Waals surface area (Å²) in [5.41, 5.74) is 1.13. The Labute approximate surface area is 120 Å². The van der Waals surface area contributed by atoms with E-state index in [-0.39, 0.29) is 0 Å². The van der Waals surface area contributed by atoms with Gasteiger partial charge in [-0.15, -0.1) is 11.6 Å². The maximum absolute atomic E-state index is 5.83. The number of aryl methyl sites for hydroxylation is 2. The third-order valence-electron chi connectivity index (χ3n) is 3.55. The van der Waals surface area contributed by atoms with Gasteiger partial charge < -0.3 is 9.80 Å². The first kappa shape index (κ1) is 14.5. The van der Waals surface area contributed by atoms with E-state index in [0.29, 0.717) is 5.88 Å². The zero-order valence-corrected chi connectivity index (χ0v) is 12.7. The number of hydrogen-bond acceptors (Lipinski definition) is 4. The van der Waals surface area contributed by atoms with Crippen molar-refractivity contribution >= 4 is 17.4 Å². The van der Waals surface area contributed by atoms with Crippen molar-refractivity contribution < 1.29 is 0 Å². The monoisotopic (exact) mass is 282 g/mol. The zero-order chi connectivity index (χ0) is 13.7. The molecule has 5 heteroatoms. The van der Waals surface area contributed by atoms with E-state index >= 15 is 0 Å². The molecule has 2 rings (SSSR count). The summed E-state index contributed by atoms with van der Waals surface area (Å²) in [5, 5.41) is 0. The Hall–Kier alpha value is -0.870. The van der Waals surface area contributed by atoms with Crippen molar-refractivity contribution in [3.8, 4) is 0 Å². The van der Waals surface area contributed by atoms with Gasteiger partial charge in [-0.3, -0.25) is 0 Å². The molecule has 1 fully saturated rings. The molecule has 1 aliphatic rings. The van der Waals surface area contributed by atoms with Crippen molar-refractivity contribution in [2.24, 2.45) is 0 Å². The van der Waals surface area contributed by atoms with Crippen molar-refractivity contribution in [1.82, 2.24) is 14.9 Å². The van der Waals surface area contributed by atoms with Crippen molar-refractivity contribution in [3.63, 3.8) is 0 Å². The van der Waals surface area contributed by atoms with Gasteiger partial charge in [0.05, 0.1) is 0 Å². The van der Waals surface area contributed by atoms with Gasteiger partial charge in [-0.05, 0) is 26.3 Å². The molecule has 0 bridgehead atoms. The minimum Gasteiger partial charge on any atom is -0.355 e. The average Bonchev–Trinajstić information content (AvgIpc) is 2.64. The third-order valence-corrected chi connectivity index (χ3v) is 3.72. The summed E-state index contributed by atoms with van der Waals surface area (Å²) in [6.45, 7) is 9.38. The molecule has 1 aliphatic heterocycles. The fourth-order valence-corrected chi connectivity index (χ4v) is 2.74. The number of halogens is 1. The second-order valence-electron chi connectivity index (χ2n) is 4.99. The van der Waals surface area contributed by atoms with Gasteiger partial charge in [-0.2, -0.15) is 0 Å². The van der Waals surface area contributed by atoms with Crippen LogP contribution in [-0.2, 0) is 6.42 Å². The van der Waals surface area contributed by atoms with Gasteiger partial charge in [0.15, 0.2) is 0 Å². The van der Waals surface area contributed by atoms with Gasteiger partial charge in [0, 0.05) is 43.8 Å². The van der Waals surface area contributed by atoms with E-state index in [1.54, 1.807) is 0 Å². The molecule has 0 unspecified atom stereocenters. The lowest BCUT2D eigenvalue weighted by molar-refractivity contribution is 0.311. The first-order chi connectivity index (χ1) is 9.22. The molecule has 1 aromatic rings. The second kappa shape index (κ2) is 7.06. The number of hydrogen-bond donors (Lipinski definition) is 0. The van der Waals surface area contributed by atoms with Crippen LogP contribution < -0.4 is 4.90 Å². The molecule has 0 amide bonds. The quantitative estimate of drug-likeness (QED) is 0.792. The molecule has 4 nitrogen and oxygen atoms in total. The van der Waals surface area contributed by atoms with E-state index in [0.717, 1.165) is 56.5 Å². The first-order valence-electron chi connectivity index (χ1n) is 7.10. The van der Waals surface area contributed by atoms with Gasteiger partial charge in [-0.1, -0.05) is 6.92 Å². The highest BCUT2D eigenvalue weighted by Crippen LogP contribution is 2.15. The normalized spacial score (nSPS) is 17.5. The molecule has 0 saturated carbocycles. The van der Waals surface area contributed by atoms with Gasteiger partial charge in [0.25, 0.3) is 0 Å². The summed E-state index contributed by atoms with van der Waals surface area (Å²) < 4.78 is 0. The molecule has 0 aliphatic carbocycles. The van der Waals surface area contributed by atoms with Crippen LogP contribution in [0.2, 0.25) is 0 Å². The Morgan fingerprint density at radius 1 is 1.21 bits per heavy atom. The van der Waals surface area contributed by atoms with Gasteiger partial charge in [0.1, 0.15) is 11.6 Å². The van der Waals surface area contributed by atoms with E-state index < -0.39 is 0 Å². The van der Waals surface area contributed by atoms with Crippen LogP contribution in [0, 0.1) is 6.92 Å². The number of rotatable bonds is 4. The summed E-state index contributed by atoms with van der Waals surface area (Å²) in [7, 11) is 0. The van der Waals surface area contributed by atoms with E-state index in [2.05, 4.69) is 32.8 Å². The van der Waals surface area contributed by atoms with Crippen molar-refractivity contribution in [2.45, 2.75) is 26.7 Å². The summed E-state index contributed by atoms with van der Waals surface area (Å²) in [5.74, 6) is 2.67. The predicted molar refractivity (Wildman–Crippen MR) is 80.1 cm³/mol. The van der Waals surface area contributed by atoms with Crippen molar-refractivity contribution in [2.75, 3.05) is 43.5 Å². The van der Waals surface area contributed by atoms with Crippen LogP contribution >= 0.6 is 11.6 Å². The Bertz CT molecular complexity index is 410. The van der Waals surface area contributed by atoms with Crippen LogP contribution in [0.25, 0.3) is 0 Å². The van der Waals surface area contributed by atoms with Crippen LogP contribution in [0.15, 0.2) is 6.07 Å². The number of anilines is 1. The summed E-state index contributed by atoms with van der Waals surface area (Å²) in [4.78, 5) is 13.8. The number of nitrogens with zero attached hydrogens (tertiary/aromatic N) is 4. The minimum absolute atomic E-state index is 0.715. The van der Waals surface area contributed by atoms with E-state index in [4.69, 9.17) is 11.6 Å². The van der Waals surface area contributed by atoms with E-state index in [1.807, 2.05) is 6.92 Å². The summed E-state index contributed by atoms with van der Waals surface area (Å²) >= 11 is 5.83. The van der Waals surface area contributed by atoms with E-state index in [1.165, 1.54) is 6.42 Å². The fourth-order valence-electron chi connectivity index (χ4n) is 2.50. The standard InChI is InChI=1S/C14H23ClN4/c1-3-13-11-14(17-12(2)16-13)19-7-4-6-18(8-5-15)9-10-19/h11H,3-10H2,1-2H3. The SMILES string of the molecule is CCc1cc(N2CCCN(CCCl)CC2)nc(C)n1. The summed E-state index contributed by atoms with van der Waals surface area (Å²) in [6, 6.07) is 2.13. The van der Waals surface area contributed by atoms with Crippen molar-refractivity contribution in [1.29, 1.82) is 0 Å². The molecule has 1 saturated heterocycles. The lowest BCUT2D eigenvalue weighted by Crippen LogP contribution is -2.32. The zero-order valence-electron chi connectivity index (χ0n) is 11.9. The first-order valence-corrected chi connectivity index (χ1v) is 7.64. The van der Waals surface area contributed by atoms with Gasteiger partial charge in [0.2, 0.25) is 0 Å². The molecule has 0 spiro atoms. The lowest BCUT2D eigenvalue weighted by Gasteiger charge is -2.23. The Balaban J connectivity index is 2.07. The maximum Gasteiger partial charge on any atom is 0.132 e. The highest BCUT2D eigenvalue weighted by atomic mass is 35.5. The lowest BCUT2D eigenvalue weighted by atomic mass is 10.3. The molecule has 19 heavy (non-hydrogen) atoms. The van der Waals surface area contributed by atoms with Crippen LogP contribution in [0.5, 0.6) is 0 Å². The second-order valence-corrected chi connectivity index (χ2v) is 5.37. The molecular weight excluding hydrogens is 260 g/mol. The smallest absolute Gasteiger partial charge is 0.132 e. The predicted octanol–water partition coefficient (Wildman–Crippen LogP) is 2.10. The molecule has 1 aromatic heterocycles. The maximum atomic E-state index is 5.83. The Morgan fingerprint density at radius 2 is 2.05 bits per heavy atom. The largest absolute Gasteiger partial charge is 0.355 e. The van der Waals surface area contributed by atoms with Gasteiger partial charge in [-0.25, -0.2) is 9.97 Å². The fraction of sp³-hybridized carbons (Fsp3) is 0.714. The molecule has 0 aromatic carbocycles. The molecule has 0 N–H and O–H groups in total. The molecular formula is C14H23ClN4. The van der Waals surface area contributed by atoms with Crippen LogP contribution in [-0.4, -0.2) is 53.5 Å². The Kier molecular flexibility index (Phi) is 5.40. The van der Waals surface area contributed by atoms with Crippen LogP contribution in [0.4, 0.5) is 5.82 Å². The highest BCUT2D eigenvalue weighted by Gasteiger charge is 2.16. The minimum atomic E-state index is 0.715.